The lowest BCUT2D eigenvalue weighted by molar-refractivity contribution is -0.384. The van der Waals surface area contributed by atoms with Gasteiger partial charge in [0.25, 0.3) is 5.69 Å². The van der Waals surface area contributed by atoms with Crippen molar-refractivity contribution in [3.63, 3.8) is 0 Å². The molecule has 8 heteroatoms. The van der Waals surface area contributed by atoms with Crippen LogP contribution in [-0.4, -0.2) is 41.2 Å². The molecule has 0 radical (unpaired) electrons. The average Bonchev–Trinajstić information content (AvgIpc) is 3.26. The van der Waals surface area contributed by atoms with E-state index in [9.17, 15) is 14.9 Å². The monoisotopic (exact) mass is 535 g/mol. The minimum absolute atomic E-state index is 0.0671. The number of halogens is 1. The Balaban J connectivity index is 1.61. The van der Waals surface area contributed by atoms with Gasteiger partial charge in [0, 0.05) is 49.0 Å². The lowest BCUT2D eigenvalue weighted by atomic mass is 9.89. The zero-order chi connectivity index (χ0) is 27.3. The number of likely N-dealkylation sites (tertiary alicyclic amines) is 1. The molecule has 0 aliphatic carbocycles. The molecule has 1 saturated heterocycles. The van der Waals surface area contributed by atoms with Crippen LogP contribution in [0.2, 0.25) is 5.02 Å². The Morgan fingerprint density at radius 2 is 1.66 bits per heavy atom. The summed E-state index contributed by atoms with van der Waals surface area (Å²) in [7, 11) is 0. The number of carbonyl (C=O) groups is 1. The highest BCUT2D eigenvalue weighted by Crippen LogP contribution is 2.32. The van der Waals surface area contributed by atoms with Crippen LogP contribution in [0.15, 0.2) is 78.9 Å². The molecule has 1 heterocycles. The van der Waals surface area contributed by atoms with Gasteiger partial charge in [0.2, 0.25) is 0 Å². The summed E-state index contributed by atoms with van der Waals surface area (Å²) in [6.07, 6.45) is 0.547. The maximum atomic E-state index is 13.0. The van der Waals surface area contributed by atoms with E-state index in [0.717, 1.165) is 17.7 Å². The van der Waals surface area contributed by atoms with E-state index < -0.39 is 5.60 Å². The van der Waals surface area contributed by atoms with E-state index in [-0.39, 0.29) is 28.5 Å². The SMILES string of the molecule is CC(C)(C)OC(=O)N1C[C@@H](Cc2ccccc2)[C@H](CN(Cc2cccc([N+](=O)[O-])c2)c2ccc(Cl)cc2)C1. The lowest BCUT2D eigenvalue weighted by Gasteiger charge is -2.30. The predicted molar refractivity (Wildman–Crippen MR) is 151 cm³/mol. The van der Waals surface area contributed by atoms with Gasteiger partial charge in [-0.05, 0) is 74.4 Å². The van der Waals surface area contributed by atoms with Crippen molar-refractivity contribution < 1.29 is 14.5 Å². The molecule has 0 bridgehead atoms. The molecule has 38 heavy (non-hydrogen) atoms. The van der Waals surface area contributed by atoms with E-state index in [1.54, 1.807) is 12.1 Å². The summed E-state index contributed by atoms with van der Waals surface area (Å²) < 4.78 is 5.70. The van der Waals surface area contributed by atoms with Crippen LogP contribution in [0.5, 0.6) is 0 Å². The number of hydrogen-bond donors (Lipinski definition) is 0. The second-order valence-electron chi connectivity index (χ2n) is 10.9. The first-order chi connectivity index (χ1) is 18.1. The van der Waals surface area contributed by atoms with Crippen molar-refractivity contribution in [1.29, 1.82) is 0 Å². The van der Waals surface area contributed by atoms with Crippen molar-refractivity contribution in [2.24, 2.45) is 11.8 Å². The number of carbonyl (C=O) groups excluding carboxylic acids is 1. The molecular formula is C30H34ClN3O4. The third kappa shape index (κ3) is 7.48. The summed E-state index contributed by atoms with van der Waals surface area (Å²) in [4.78, 5) is 28.0. The van der Waals surface area contributed by atoms with Crippen LogP contribution in [-0.2, 0) is 17.7 Å². The van der Waals surface area contributed by atoms with Crippen LogP contribution >= 0.6 is 11.6 Å². The highest BCUT2D eigenvalue weighted by atomic mass is 35.5. The first-order valence-corrected chi connectivity index (χ1v) is 13.2. The molecule has 200 valence electrons. The van der Waals surface area contributed by atoms with Crippen LogP contribution in [0.4, 0.5) is 16.2 Å². The Bertz CT molecular complexity index is 1240. The number of benzene rings is 3. The van der Waals surface area contributed by atoms with Gasteiger partial charge in [-0.3, -0.25) is 10.1 Å². The Kier molecular flexibility index (Phi) is 8.57. The van der Waals surface area contributed by atoms with Gasteiger partial charge in [-0.1, -0.05) is 54.1 Å². The number of ether oxygens (including phenoxy) is 1. The van der Waals surface area contributed by atoms with Crippen LogP contribution in [0.25, 0.3) is 0 Å². The van der Waals surface area contributed by atoms with Gasteiger partial charge < -0.3 is 14.5 Å². The molecule has 1 aliphatic rings. The third-order valence-electron chi connectivity index (χ3n) is 6.71. The van der Waals surface area contributed by atoms with E-state index in [2.05, 4.69) is 17.0 Å². The topological polar surface area (TPSA) is 75.9 Å². The molecule has 0 N–H and O–H groups in total. The fourth-order valence-electron chi connectivity index (χ4n) is 4.95. The van der Waals surface area contributed by atoms with E-state index >= 15 is 0 Å². The summed E-state index contributed by atoms with van der Waals surface area (Å²) in [6.45, 7) is 7.97. The largest absolute Gasteiger partial charge is 0.444 e. The van der Waals surface area contributed by atoms with Crippen molar-refractivity contribution in [1.82, 2.24) is 4.90 Å². The summed E-state index contributed by atoms with van der Waals surface area (Å²) in [5, 5.41) is 12.0. The highest BCUT2D eigenvalue weighted by molar-refractivity contribution is 6.30. The Morgan fingerprint density at radius 1 is 1.00 bits per heavy atom. The summed E-state index contributed by atoms with van der Waals surface area (Å²) in [6, 6.07) is 24.7. The smallest absolute Gasteiger partial charge is 0.410 e. The van der Waals surface area contributed by atoms with E-state index in [1.807, 2.05) is 74.2 Å². The molecule has 0 unspecified atom stereocenters. The van der Waals surface area contributed by atoms with Crippen molar-refractivity contribution in [2.75, 3.05) is 24.5 Å². The quantitative estimate of drug-likeness (QED) is 0.230. The summed E-state index contributed by atoms with van der Waals surface area (Å²) in [5.74, 6) is 0.391. The van der Waals surface area contributed by atoms with Crippen molar-refractivity contribution >= 4 is 29.1 Å². The van der Waals surface area contributed by atoms with Crippen LogP contribution in [0.1, 0.15) is 31.9 Å². The van der Waals surface area contributed by atoms with Gasteiger partial charge in [0.05, 0.1) is 4.92 Å². The average molecular weight is 536 g/mol. The highest BCUT2D eigenvalue weighted by Gasteiger charge is 2.38. The van der Waals surface area contributed by atoms with E-state index in [1.165, 1.54) is 11.6 Å². The zero-order valence-electron chi connectivity index (χ0n) is 22.0. The van der Waals surface area contributed by atoms with E-state index in [4.69, 9.17) is 16.3 Å². The van der Waals surface area contributed by atoms with Gasteiger partial charge in [-0.15, -0.1) is 0 Å². The zero-order valence-corrected chi connectivity index (χ0v) is 22.8. The second-order valence-corrected chi connectivity index (χ2v) is 11.3. The molecule has 3 aromatic carbocycles. The van der Waals surface area contributed by atoms with Gasteiger partial charge in [0.1, 0.15) is 5.60 Å². The summed E-state index contributed by atoms with van der Waals surface area (Å²) >= 11 is 6.17. The number of nitro groups is 1. The molecule has 7 nitrogen and oxygen atoms in total. The standard InChI is InChI=1S/C30H34ClN3O4/c1-30(2,3)38-29(35)33-19-24(16-22-8-5-4-6-9-22)25(21-33)20-32(27-14-12-26(31)13-15-27)18-23-10-7-11-28(17-23)34(36)37/h4-15,17,24-25H,16,18-21H2,1-3H3/t24-,25-/m1/s1. The predicted octanol–water partition coefficient (Wildman–Crippen LogP) is 6.98. The molecule has 1 aliphatic heterocycles. The van der Waals surface area contributed by atoms with Crippen LogP contribution in [0.3, 0.4) is 0 Å². The minimum Gasteiger partial charge on any atom is -0.444 e. The molecule has 1 amide bonds. The first kappa shape index (κ1) is 27.5. The number of nitrogens with zero attached hydrogens (tertiary/aromatic N) is 3. The molecular weight excluding hydrogens is 502 g/mol. The van der Waals surface area contributed by atoms with Crippen molar-refractivity contribution in [3.05, 3.63) is 105 Å². The number of hydrogen-bond acceptors (Lipinski definition) is 5. The van der Waals surface area contributed by atoms with Gasteiger partial charge >= 0.3 is 6.09 Å². The number of amides is 1. The normalized spacial score (nSPS) is 17.3. The molecule has 0 spiro atoms. The summed E-state index contributed by atoms with van der Waals surface area (Å²) in [5.41, 5.74) is 2.54. The fourth-order valence-corrected chi connectivity index (χ4v) is 5.08. The van der Waals surface area contributed by atoms with Gasteiger partial charge in [0.15, 0.2) is 0 Å². The number of anilines is 1. The third-order valence-corrected chi connectivity index (χ3v) is 6.96. The second kappa shape index (κ2) is 11.9. The Hall–Kier alpha value is -3.58. The minimum atomic E-state index is -0.568. The molecule has 1 fully saturated rings. The van der Waals surface area contributed by atoms with Gasteiger partial charge in [-0.25, -0.2) is 4.79 Å². The maximum Gasteiger partial charge on any atom is 0.410 e. The molecule has 0 saturated carbocycles. The van der Waals surface area contributed by atoms with Crippen LogP contribution < -0.4 is 4.90 Å². The molecule has 0 aromatic heterocycles. The molecule has 4 rings (SSSR count). The molecule has 3 aromatic rings. The maximum absolute atomic E-state index is 13.0. The Labute approximate surface area is 229 Å². The Morgan fingerprint density at radius 3 is 2.32 bits per heavy atom. The number of non-ortho nitro benzene ring substituents is 1. The van der Waals surface area contributed by atoms with E-state index in [0.29, 0.717) is 31.2 Å². The first-order valence-electron chi connectivity index (χ1n) is 12.8. The fraction of sp³-hybridized carbons (Fsp3) is 0.367. The van der Waals surface area contributed by atoms with Crippen LogP contribution in [0, 0.1) is 22.0 Å². The lowest BCUT2D eigenvalue weighted by Crippen LogP contribution is -2.36. The number of rotatable bonds is 8. The number of nitro benzene ring substituents is 1. The van der Waals surface area contributed by atoms with Crippen molar-refractivity contribution in [3.8, 4) is 0 Å². The van der Waals surface area contributed by atoms with Crippen molar-refractivity contribution in [2.45, 2.75) is 39.3 Å². The molecule has 2 atom stereocenters. The van der Waals surface area contributed by atoms with Gasteiger partial charge in [-0.2, -0.15) is 0 Å².